The number of hydrogen-bond donors (Lipinski definition) is 2. The lowest BCUT2D eigenvalue weighted by Gasteiger charge is -2.04. The number of carbonyl (C=O) groups is 1. The van der Waals surface area contributed by atoms with Crippen LogP contribution in [0, 0.1) is 0 Å². The second-order valence-electron chi connectivity index (χ2n) is 2.78. The van der Waals surface area contributed by atoms with Gasteiger partial charge in [0.05, 0.1) is 0 Å². The van der Waals surface area contributed by atoms with E-state index in [1.54, 1.807) is 18.2 Å². The molecule has 0 aromatic carbocycles. The van der Waals surface area contributed by atoms with Crippen molar-refractivity contribution < 1.29 is 9.90 Å². The molecule has 1 atom stereocenters. The van der Waals surface area contributed by atoms with E-state index in [2.05, 4.69) is 6.58 Å². The molecular formula is C10H15NO2. The summed E-state index contributed by atoms with van der Waals surface area (Å²) in [5.41, 5.74) is 6.27. The third-order valence-corrected chi connectivity index (χ3v) is 1.49. The van der Waals surface area contributed by atoms with E-state index < -0.39 is 12.0 Å². The van der Waals surface area contributed by atoms with Gasteiger partial charge in [0.15, 0.2) is 0 Å². The molecule has 0 unspecified atom stereocenters. The summed E-state index contributed by atoms with van der Waals surface area (Å²) in [6, 6.07) is -0.812. The van der Waals surface area contributed by atoms with Crippen LogP contribution in [0.3, 0.4) is 0 Å². The first-order chi connectivity index (χ1) is 6.07. The van der Waals surface area contributed by atoms with E-state index in [1.807, 2.05) is 13.0 Å². The smallest absolute Gasteiger partial charge is 0.320 e. The fraction of sp³-hybridized carbons (Fsp3) is 0.300. The van der Waals surface area contributed by atoms with Crippen LogP contribution < -0.4 is 5.73 Å². The second-order valence-corrected chi connectivity index (χ2v) is 2.78. The Bertz CT molecular complexity index is 241. The number of carboxylic acids is 1. The summed E-state index contributed by atoms with van der Waals surface area (Å²) in [7, 11) is 0. The minimum atomic E-state index is -0.972. The van der Waals surface area contributed by atoms with Crippen molar-refractivity contribution >= 4 is 5.97 Å². The van der Waals surface area contributed by atoms with Crippen molar-refractivity contribution in [2.75, 3.05) is 0 Å². The van der Waals surface area contributed by atoms with Crippen LogP contribution in [0.5, 0.6) is 0 Å². The highest BCUT2D eigenvalue weighted by atomic mass is 16.4. The van der Waals surface area contributed by atoms with E-state index in [0.29, 0.717) is 6.42 Å². The zero-order chi connectivity index (χ0) is 10.3. The van der Waals surface area contributed by atoms with Gasteiger partial charge in [0.1, 0.15) is 6.04 Å². The molecule has 0 rings (SSSR count). The first kappa shape index (κ1) is 11.6. The van der Waals surface area contributed by atoms with Crippen LogP contribution in [0.25, 0.3) is 0 Å². The molecule has 0 spiro atoms. The molecule has 0 bridgehead atoms. The molecule has 0 saturated carbocycles. The van der Waals surface area contributed by atoms with Crippen LogP contribution in [0.2, 0.25) is 0 Å². The van der Waals surface area contributed by atoms with Gasteiger partial charge in [-0.15, -0.1) is 0 Å². The highest BCUT2D eigenvalue weighted by molar-refractivity contribution is 5.73. The number of rotatable bonds is 5. The Balaban J connectivity index is 4.05. The number of nitrogens with two attached hydrogens (primary N) is 1. The Morgan fingerprint density at radius 1 is 1.62 bits per heavy atom. The van der Waals surface area contributed by atoms with Crippen molar-refractivity contribution in [2.45, 2.75) is 19.4 Å². The van der Waals surface area contributed by atoms with Crippen molar-refractivity contribution in [1.29, 1.82) is 0 Å². The summed E-state index contributed by atoms with van der Waals surface area (Å²) in [4.78, 5) is 10.4. The Morgan fingerprint density at radius 3 is 2.69 bits per heavy atom. The lowest BCUT2D eigenvalue weighted by Crippen LogP contribution is -2.30. The topological polar surface area (TPSA) is 63.3 Å². The summed E-state index contributed by atoms with van der Waals surface area (Å²) in [6.45, 7) is 5.36. The average Bonchev–Trinajstić information content (AvgIpc) is 2.04. The van der Waals surface area contributed by atoms with Crippen LogP contribution in [0.1, 0.15) is 13.3 Å². The van der Waals surface area contributed by atoms with Crippen LogP contribution in [0.4, 0.5) is 0 Å². The first-order valence-corrected chi connectivity index (χ1v) is 4.01. The van der Waals surface area contributed by atoms with Gasteiger partial charge in [-0.25, -0.2) is 0 Å². The molecule has 0 aliphatic rings. The summed E-state index contributed by atoms with van der Waals surface area (Å²) in [5, 5.41) is 8.52. The highest BCUT2D eigenvalue weighted by Gasteiger charge is 2.10. The van der Waals surface area contributed by atoms with Crippen LogP contribution >= 0.6 is 0 Å². The predicted molar refractivity (Wildman–Crippen MR) is 53.3 cm³/mol. The van der Waals surface area contributed by atoms with Crippen LogP contribution in [-0.2, 0) is 4.79 Å². The van der Waals surface area contributed by atoms with Crippen molar-refractivity contribution in [3.8, 4) is 0 Å². The van der Waals surface area contributed by atoms with Crippen molar-refractivity contribution in [2.24, 2.45) is 5.73 Å². The summed E-state index contributed by atoms with van der Waals surface area (Å²) in [5.74, 6) is -0.972. The molecule has 13 heavy (non-hydrogen) atoms. The summed E-state index contributed by atoms with van der Waals surface area (Å²) in [6.07, 6.45) is 7.43. The zero-order valence-electron chi connectivity index (χ0n) is 7.73. The maximum atomic E-state index is 10.4. The molecular weight excluding hydrogens is 166 g/mol. The van der Waals surface area contributed by atoms with Crippen molar-refractivity contribution in [3.63, 3.8) is 0 Å². The Hall–Kier alpha value is -1.35. The van der Waals surface area contributed by atoms with E-state index in [-0.39, 0.29) is 0 Å². The number of aliphatic carboxylic acids is 1. The van der Waals surface area contributed by atoms with E-state index in [1.165, 1.54) is 0 Å². The molecule has 0 fully saturated rings. The normalized spacial score (nSPS) is 14.5. The van der Waals surface area contributed by atoms with E-state index in [4.69, 9.17) is 10.8 Å². The van der Waals surface area contributed by atoms with Crippen molar-refractivity contribution in [1.82, 2.24) is 0 Å². The molecule has 0 heterocycles. The largest absolute Gasteiger partial charge is 0.480 e. The third-order valence-electron chi connectivity index (χ3n) is 1.49. The molecule has 0 saturated heterocycles. The quantitative estimate of drug-likeness (QED) is 0.631. The SMILES string of the molecule is C=C/C=C\C=C(/C)C[C@H](N)C(=O)O. The molecule has 3 nitrogen and oxygen atoms in total. The fourth-order valence-corrected chi connectivity index (χ4v) is 0.801. The summed E-state index contributed by atoms with van der Waals surface area (Å²) >= 11 is 0. The number of carboxylic acid groups (broad SMARTS) is 1. The van der Waals surface area contributed by atoms with E-state index in [9.17, 15) is 4.79 Å². The van der Waals surface area contributed by atoms with Crippen LogP contribution in [-0.4, -0.2) is 17.1 Å². The molecule has 0 aromatic heterocycles. The van der Waals surface area contributed by atoms with Gasteiger partial charge in [0.25, 0.3) is 0 Å². The standard InChI is InChI=1S/C10H15NO2/c1-3-4-5-6-8(2)7-9(11)10(12)13/h3-6,9H,1,7,11H2,2H3,(H,12,13)/b5-4-,8-6+/t9-/m0/s1. The zero-order valence-corrected chi connectivity index (χ0v) is 7.73. The predicted octanol–water partition coefficient (Wildman–Crippen LogP) is 1.48. The Morgan fingerprint density at radius 2 is 2.23 bits per heavy atom. The number of hydrogen-bond acceptors (Lipinski definition) is 2. The maximum absolute atomic E-state index is 10.4. The van der Waals surface area contributed by atoms with Gasteiger partial charge in [0.2, 0.25) is 0 Å². The molecule has 0 aromatic rings. The minimum Gasteiger partial charge on any atom is -0.480 e. The second kappa shape index (κ2) is 6.20. The van der Waals surface area contributed by atoms with Gasteiger partial charge in [-0.3, -0.25) is 4.79 Å². The fourth-order valence-electron chi connectivity index (χ4n) is 0.801. The molecule has 72 valence electrons. The van der Waals surface area contributed by atoms with Gasteiger partial charge in [-0.2, -0.15) is 0 Å². The molecule has 0 aliphatic carbocycles. The van der Waals surface area contributed by atoms with Gasteiger partial charge >= 0.3 is 5.97 Å². The lowest BCUT2D eigenvalue weighted by molar-refractivity contribution is -0.138. The minimum absolute atomic E-state index is 0.372. The van der Waals surface area contributed by atoms with Gasteiger partial charge in [0, 0.05) is 0 Å². The lowest BCUT2D eigenvalue weighted by atomic mass is 10.1. The Kier molecular flexibility index (Phi) is 5.55. The monoisotopic (exact) mass is 181 g/mol. The molecule has 0 radical (unpaired) electrons. The molecule has 0 aliphatic heterocycles. The number of allylic oxidation sites excluding steroid dienone is 4. The first-order valence-electron chi connectivity index (χ1n) is 4.01. The summed E-state index contributed by atoms with van der Waals surface area (Å²) < 4.78 is 0. The Labute approximate surface area is 78.3 Å². The van der Waals surface area contributed by atoms with Gasteiger partial charge in [-0.05, 0) is 13.3 Å². The highest BCUT2D eigenvalue weighted by Crippen LogP contribution is 2.03. The van der Waals surface area contributed by atoms with Crippen LogP contribution in [0.15, 0.2) is 36.5 Å². The molecule has 3 heteroatoms. The van der Waals surface area contributed by atoms with Crippen molar-refractivity contribution in [3.05, 3.63) is 36.5 Å². The van der Waals surface area contributed by atoms with Gasteiger partial charge in [-0.1, -0.05) is 36.5 Å². The van der Waals surface area contributed by atoms with E-state index in [0.717, 1.165) is 5.57 Å². The van der Waals surface area contributed by atoms with E-state index >= 15 is 0 Å². The average molecular weight is 181 g/mol. The molecule has 0 amide bonds. The molecule has 3 N–H and O–H groups in total. The maximum Gasteiger partial charge on any atom is 0.320 e. The third kappa shape index (κ3) is 5.87. The van der Waals surface area contributed by atoms with Gasteiger partial charge < -0.3 is 10.8 Å².